The number of alkyl halides is 2. The van der Waals surface area contributed by atoms with E-state index >= 15 is 0 Å². The molecule has 0 bridgehead atoms. The zero-order chi connectivity index (χ0) is 17.4. The first-order valence-corrected chi connectivity index (χ1v) is 8.19. The zero-order valence-corrected chi connectivity index (χ0v) is 13.5. The molecule has 4 rings (SSSR count). The molecule has 3 aliphatic heterocycles. The molecule has 8 heteroatoms. The van der Waals surface area contributed by atoms with Gasteiger partial charge in [0.25, 0.3) is 0 Å². The van der Waals surface area contributed by atoms with E-state index in [-0.39, 0.29) is 17.4 Å². The highest BCUT2D eigenvalue weighted by molar-refractivity contribution is 5.92. The lowest BCUT2D eigenvalue weighted by Crippen LogP contribution is -2.57. The van der Waals surface area contributed by atoms with E-state index in [0.717, 1.165) is 26.3 Å². The van der Waals surface area contributed by atoms with Crippen LogP contribution in [-0.4, -0.2) is 67.4 Å². The molecule has 1 aromatic rings. The van der Waals surface area contributed by atoms with Gasteiger partial charge in [0.1, 0.15) is 0 Å². The minimum Gasteiger partial charge on any atom is -0.395 e. The van der Waals surface area contributed by atoms with Crippen LogP contribution < -0.4 is 9.47 Å². The Morgan fingerprint density at radius 1 is 1.12 bits per heavy atom. The molecule has 25 heavy (non-hydrogen) atoms. The predicted molar refractivity (Wildman–Crippen MR) is 84.4 cm³/mol. The molecule has 6 nitrogen and oxygen atoms in total. The van der Waals surface area contributed by atoms with E-state index in [1.807, 2.05) is 0 Å². The number of amides is 1. The van der Waals surface area contributed by atoms with Crippen LogP contribution in [-0.2, 0) is 9.53 Å². The van der Waals surface area contributed by atoms with Crippen molar-refractivity contribution in [1.29, 1.82) is 0 Å². The third-order valence-corrected chi connectivity index (χ3v) is 4.61. The largest absolute Gasteiger partial charge is 0.586 e. The van der Waals surface area contributed by atoms with Gasteiger partial charge < -0.3 is 19.1 Å². The van der Waals surface area contributed by atoms with Gasteiger partial charge in [0.05, 0.1) is 19.3 Å². The maximum atomic E-state index is 13.0. The van der Waals surface area contributed by atoms with Crippen molar-refractivity contribution in [3.05, 3.63) is 29.8 Å². The summed E-state index contributed by atoms with van der Waals surface area (Å²) >= 11 is 0. The number of nitrogens with zero attached hydrogens (tertiary/aromatic N) is 2. The van der Waals surface area contributed by atoms with Gasteiger partial charge in [-0.15, -0.1) is 8.78 Å². The molecule has 0 unspecified atom stereocenters. The van der Waals surface area contributed by atoms with Gasteiger partial charge in [0.2, 0.25) is 5.91 Å². The van der Waals surface area contributed by atoms with Crippen molar-refractivity contribution in [3.63, 3.8) is 0 Å². The van der Waals surface area contributed by atoms with Gasteiger partial charge in [-0.05, 0) is 23.8 Å². The third kappa shape index (κ3) is 3.45. The van der Waals surface area contributed by atoms with Crippen LogP contribution in [0.2, 0.25) is 0 Å². The second-order valence-electron chi connectivity index (χ2n) is 6.26. The van der Waals surface area contributed by atoms with E-state index in [1.165, 1.54) is 18.2 Å². The summed E-state index contributed by atoms with van der Waals surface area (Å²) in [6, 6.07) is 4.91. The number of carbonyl (C=O) groups excluding carboxylic acids is 1. The lowest BCUT2D eigenvalue weighted by molar-refractivity contribution is -0.286. The Hall–Kier alpha value is -2.19. The van der Waals surface area contributed by atoms with Crippen molar-refractivity contribution in [2.45, 2.75) is 12.3 Å². The lowest BCUT2D eigenvalue weighted by Gasteiger charge is -2.42. The summed E-state index contributed by atoms with van der Waals surface area (Å²) in [4.78, 5) is 16.4. The van der Waals surface area contributed by atoms with Crippen LogP contribution in [0.15, 0.2) is 24.3 Å². The van der Waals surface area contributed by atoms with Crippen molar-refractivity contribution < 1.29 is 27.8 Å². The van der Waals surface area contributed by atoms with Crippen LogP contribution in [0.5, 0.6) is 11.5 Å². The van der Waals surface area contributed by atoms with Gasteiger partial charge in [-0.3, -0.25) is 9.69 Å². The van der Waals surface area contributed by atoms with Crippen LogP contribution in [0.3, 0.4) is 0 Å². The maximum absolute atomic E-state index is 13.0. The molecule has 3 heterocycles. The van der Waals surface area contributed by atoms with Gasteiger partial charge in [0, 0.05) is 32.3 Å². The molecule has 2 saturated heterocycles. The van der Waals surface area contributed by atoms with Crippen LogP contribution >= 0.6 is 0 Å². The van der Waals surface area contributed by atoms with Crippen LogP contribution in [0.25, 0.3) is 6.08 Å². The first-order valence-electron chi connectivity index (χ1n) is 8.19. The average Bonchev–Trinajstić information content (AvgIpc) is 2.84. The fourth-order valence-corrected chi connectivity index (χ4v) is 3.08. The van der Waals surface area contributed by atoms with E-state index in [1.54, 1.807) is 17.0 Å². The summed E-state index contributed by atoms with van der Waals surface area (Å²) in [5.74, 6) is -0.131. The van der Waals surface area contributed by atoms with Crippen LogP contribution in [0.4, 0.5) is 8.78 Å². The summed E-state index contributed by atoms with van der Waals surface area (Å²) < 4.78 is 40.0. The van der Waals surface area contributed by atoms with Crippen molar-refractivity contribution in [2.24, 2.45) is 0 Å². The number of benzene rings is 1. The highest BCUT2D eigenvalue weighted by atomic mass is 19.3. The summed E-state index contributed by atoms with van der Waals surface area (Å²) in [7, 11) is 0. The number of piperazine rings is 1. The Bertz CT molecular complexity index is 698. The van der Waals surface area contributed by atoms with Gasteiger partial charge in [0.15, 0.2) is 11.5 Å². The van der Waals surface area contributed by atoms with E-state index in [0.29, 0.717) is 24.7 Å². The molecule has 1 aromatic carbocycles. The standard InChI is InChI=1S/C17H18F2N2O4/c18-17(19)24-14-3-1-12(9-15(14)25-17)2-4-16(22)21-7-5-20(6-8-21)13-10-23-11-13/h1-4,9,13H,5-8,10-11H2/b4-2+. The van der Waals surface area contributed by atoms with Gasteiger partial charge in [-0.25, -0.2) is 0 Å². The molecule has 0 aromatic heterocycles. The first-order chi connectivity index (χ1) is 12.0. The quantitative estimate of drug-likeness (QED) is 0.773. The number of rotatable bonds is 3. The summed E-state index contributed by atoms with van der Waals surface area (Å²) in [5.41, 5.74) is 0.596. The zero-order valence-electron chi connectivity index (χ0n) is 13.5. The monoisotopic (exact) mass is 352 g/mol. The molecular weight excluding hydrogens is 334 g/mol. The van der Waals surface area contributed by atoms with E-state index < -0.39 is 6.29 Å². The Morgan fingerprint density at radius 2 is 1.84 bits per heavy atom. The number of fused-ring (bicyclic) bond motifs is 1. The molecule has 0 radical (unpaired) electrons. The molecule has 1 amide bonds. The minimum atomic E-state index is -3.63. The number of halogens is 2. The predicted octanol–water partition coefficient (Wildman–Crippen LogP) is 1.56. The second-order valence-corrected chi connectivity index (χ2v) is 6.26. The molecule has 2 fully saturated rings. The number of hydrogen-bond donors (Lipinski definition) is 0. The Kier molecular flexibility index (Phi) is 4.09. The summed E-state index contributed by atoms with van der Waals surface area (Å²) in [6.45, 7) is 4.58. The number of ether oxygens (including phenoxy) is 3. The second kappa shape index (κ2) is 6.27. The fraction of sp³-hybridized carbons (Fsp3) is 0.471. The van der Waals surface area contributed by atoms with Crippen LogP contribution in [0.1, 0.15) is 5.56 Å². The van der Waals surface area contributed by atoms with Crippen LogP contribution in [0, 0.1) is 0 Å². The molecule has 0 N–H and O–H groups in total. The smallest absolute Gasteiger partial charge is 0.395 e. The molecule has 134 valence electrons. The SMILES string of the molecule is O=C(/C=C/c1ccc2c(c1)OC(F)(F)O2)N1CCN(C2COC2)CC1. The van der Waals surface area contributed by atoms with E-state index in [9.17, 15) is 13.6 Å². The van der Waals surface area contributed by atoms with Gasteiger partial charge in [-0.2, -0.15) is 0 Å². The van der Waals surface area contributed by atoms with Crippen molar-refractivity contribution in [2.75, 3.05) is 39.4 Å². The molecule has 0 atom stereocenters. The highest BCUT2D eigenvalue weighted by Crippen LogP contribution is 2.41. The van der Waals surface area contributed by atoms with E-state index in [2.05, 4.69) is 14.4 Å². The molecule has 3 aliphatic rings. The normalized spacial score (nSPS) is 23.0. The number of carbonyl (C=O) groups is 1. The van der Waals surface area contributed by atoms with Crippen molar-refractivity contribution in [1.82, 2.24) is 9.80 Å². The summed E-state index contributed by atoms with van der Waals surface area (Å²) in [6.07, 6.45) is -0.585. The average molecular weight is 352 g/mol. The van der Waals surface area contributed by atoms with Crippen molar-refractivity contribution >= 4 is 12.0 Å². The van der Waals surface area contributed by atoms with E-state index in [4.69, 9.17) is 4.74 Å². The highest BCUT2D eigenvalue weighted by Gasteiger charge is 2.43. The first kappa shape index (κ1) is 16.3. The Labute approximate surface area is 143 Å². The topological polar surface area (TPSA) is 51.2 Å². The molecular formula is C17H18F2N2O4. The lowest BCUT2D eigenvalue weighted by atomic mass is 10.1. The van der Waals surface area contributed by atoms with Gasteiger partial charge in [-0.1, -0.05) is 6.07 Å². The molecule has 0 saturated carbocycles. The molecule has 0 aliphatic carbocycles. The van der Waals surface area contributed by atoms with Gasteiger partial charge >= 0.3 is 6.29 Å². The van der Waals surface area contributed by atoms with Crippen molar-refractivity contribution in [3.8, 4) is 11.5 Å². The fourth-order valence-electron chi connectivity index (χ4n) is 3.08. The Morgan fingerprint density at radius 3 is 2.52 bits per heavy atom. The molecule has 0 spiro atoms. The Balaban J connectivity index is 1.34. The number of hydrogen-bond acceptors (Lipinski definition) is 5. The summed E-state index contributed by atoms with van der Waals surface area (Å²) in [5, 5.41) is 0. The maximum Gasteiger partial charge on any atom is 0.586 e. The minimum absolute atomic E-state index is 0.00966. The third-order valence-electron chi connectivity index (χ3n) is 4.61.